The molecule has 1 aromatic heterocycles. The minimum absolute atomic E-state index is 0.271. The van der Waals surface area contributed by atoms with Gasteiger partial charge < -0.3 is 10.9 Å². The van der Waals surface area contributed by atoms with Crippen molar-refractivity contribution >= 4 is 5.84 Å². The van der Waals surface area contributed by atoms with Crippen LogP contribution in [-0.2, 0) is 6.54 Å². The Morgan fingerprint density at radius 3 is 2.75 bits per heavy atom. The van der Waals surface area contributed by atoms with Crippen LogP contribution in [0, 0.1) is 0 Å². The summed E-state index contributed by atoms with van der Waals surface area (Å²) < 4.78 is 0. The molecule has 0 fully saturated rings. The first kappa shape index (κ1) is 12.4. The van der Waals surface area contributed by atoms with Crippen LogP contribution in [-0.4, -0.2) is 34.0 Å². The number of pyridine rings is 1. The quantitative estimate of drug-likeness (QED) is 0.326. The van der Waals surface area contributed by atoms with E-state index in [1.807, 2.05) is 12.1 Å². The lowest BCUT2D eigenvalue weighted by Gasteiger charge is -2.19. The molecule has 1 aromatic rings. The molecule has 0 atom stereocenters. The van der Waals surface area contributed by atoms with Gasteiger partial charge in [0.15, 0.2) is 0 Å². The van der Waals surface area contributed by atoms with Gasteiger partial charge in [0.05, 0.1) is 0 Å². The van der Waals surface area contributed by atoms with Gasteiger partial charge in [-0.2, -0.15) is 0 Å². The van der Waals surface area contributed by atoms with Crippen LogP contribution in [0.25, 0.3) is 0 Å². The Morgan fingerprint density at radius 1 is 1.50 bits per heavy atom. The van der Waals surface area contributed by atoms with Gasteiger partial charge in [-0.3, -0.25) is 9.88 Å². The highest BCUT2D eigenvalue weighted by molar-refractivity contribution is 5.79. The molecule has 0 radical (unpaired) electrons. The fourth-order valence-electron chi connectivity index (χ4n) is 1.42. The van der Waals surface area contributed by atoms with E-state index in [0.717, 1.165) is 19.6 Å². The van der Waals surface area contributed by atoms with Crippen LogP contribution in [0.3, 0.4) is 0 Å². The number of aromatic nitrogens is 1. The molecule has 16 heavy (non-hydrogen) atoms. The molecule has 0 aliphatic rings. The van der Waals surface area contributed by atoms with E-state index in [4.69, 9.17) is 10.9 Å². The van der Waals surface area contributed by atoms with Gasteiger partial charge in [0.1, 0.15) is 5.84 Å². The second-order valence-corrected chi connectivity index (χ2v) is 3.57. The van der Waals surface area contributed by atoms with Crippen LogP contribution >= 0.6 is 0 Å². The first-order valence-corrected chi connectivity index (χ1v) is 5.34. The minimum atomic E-state index is 0.271. The van der Waals surface area contributed by atoms with Gasteiger partial charge in [0.2, 0.25) is 0 Å². The summed E-state index contributed by atoms with van der Waals surface area (Å²) >= 11 is 0. The number of rotatable bonds is 6. The average Bonchev–Trinajstić information content (AvgIpc) is 2.35. The number of hydrogen-bond acceptors (Lipinski definition) is 4. The van der Waals surface area contributed by atoms with E-state index in [1.54, 1.807) is 12.4 Å². The summed E-state index contributed by atoms with van der Waals surface area (Å²) in [7, 11) is 0. The van der Waals surface area contributed by atoms with Crippen LogP contribution in [0.1, 0.15) is 18.9 Å². The Morgan fingerprint density at radius 2 is 2.19 bits per heavy atom. The van der Waals surface area contributed by atoms with Crippen LogP contribution < -0.4 is 5.73 Å². The second kappa shape index (κ2) is 6.79. The lowest BCUT2D eigenvalue weighted by atomic mass is 10.2. The Balaban J connectivity index is 2.43. The maximum atomic E-state index is 8.45. The number of hydrogen-bond donors (Lipinski definition) is 2. The van der Waals surface area contributed by atoms with Gasteiger partial charge in [-0.25, -0.2) is 0 Å². The predicted octanol–water partition coefficient (Wildman–Crippen LogP) is 1.04. The Hall–Kier alpha value is -1.62. The summed E-state index contributed by atoms with van der Waals surface area (Å²) in [4.78, 5) is 6.20. The lowest BCUT2D eigenvalue weighted by molar-refractivity contribution is 0.283. The third-order valence-electron chi connectivity index (χ3n) is 2.42. The van der Waals surface area contributed by atoms with Gasteiger partial charge in [0, 0.05) is 31.9 Å². The topological polar surface area (TPSA) is 74.7 Å². The SMILES string of the molecule is CCN(CCC(N)=NO)Cc1ccncc1. The Labute approximate surface area is 95.6 Å². The first-order chi connectivity index (χ1) is 7.76. The fraction of sp³-hybridized carbons (Fsp3) is 0.455. The number of oxime groups is 1. The molecule has 5 nitrogen and oxygen atoms in total. The van der Waals surface area contributed by atoms with Crippen molar-refractivity contribution < 1.29 is 5.21 Å². The Bertz CT molecular complexity index is 326. The van der Waals surface area contributed by atoms with Crippen molar-refractivity contribution in [3.8, 4) is 0 Å². The molecule has 3 N–H and O–H groups in total. The van der Waals surface area contributed by atoms with E-state index in [1.165, 1.54) is 5.56 Å². The van der Waals surface area contributed by atoms with Crippen LogP contribution in [0.4, 0.5) is 0 Å². The first-order valence-electron chi connectivity index (χ1n) is 5.34. The zero-order valence-corrected chi connectivity index (χ0v) is 9.50. The molecule has 0 amide bonds. The van der Waals surface area contributed by atoms with Gasteiger partial charge in [0.25, 0.3) is 0 Å². The van der Waals surface area contributed by atoms with E-state index in [9.17, 15) is 0 Å². The predicted molar refractivity (Wildman–Crippen MR) is 63.2 cm³/mol. The number of amidine groups is 1. The summed E-state index contributed by atoms with van der Waals surface area (Å²) in [5, 5.41) is 11.4. The van der Waals surface area contributed by atoms with Crippen molar-refractivity contribution in [3.05, 3.63) is 30.1 Å². The van der Waals surface area contributed by atoms with E-state index in [2.05, 4.69) is 22.0 Å². The fourth-order valence-corrected chi connectivity index (χ4v) is 1.42. The van der Waals surface area contributed by atoms with E-state index in [0.29, 0.717) is 6.42 Å². The molecule has 0 saturated heterocycles. The largest absolute Gasteiger partial charge is 0.409 e. The van der Waals surface area contributed by atoms with Gasteiger partial charge in [-0.15, -0.1) is 0 Å². The highest BCUT2D eigenvalue weighted by atomic mass is 16.4. The summed E-state index contributed by atoms with van der Waals surface area (Å²) in [6, 6.07) is 3.98. The molecular weight excluding hydrogens is 204 g/mol. The van der Waals surface area contributed by atoms with Crippen molar-refractivity contribution in [2.24, 2.45) is 10.9 Å². The maximum absolute atomic E-state index is 8.45. The Kier molecular flexibility index (Phi) is 5.28. The molecule has 88 valence electrons. The molecule has 0 aromatic carbocycles. The zero-order chi connectivity index (χ0) is 11.8. The molecule has 1 heterocycles. The summed E-state index contributed by atoms with van der Waals surface area (Å²) in [5.74, 6) is 0.271. The molecule has 0 aliphatic heterocycles. The number of nitrogens with zero attached hydrogens (tertiary/aromatic N) is 3. The standard InChI is InChI=1S/C11H18N4O/c1-2-15(8-5-11(12)14-16)9-10-3-6-13-7-4-10/h3-4,6-7,16H,2,5,8-9H2,1H3,(H2,12,14). The van der Waals surface area contributed by atoms with Gasteiger partial charge in [-0.05, 0) is 24.2 Å². The average molecular weight is 222 g/mol. The second-order valence-electron chi connectivity index (χ2n) is 3.57. The third kappa shape index (κ3) is 4.27. The molecule has 0 spiro atoms. The molecule has 1 rings (SSSR count). The highest BCUT2D eigenvalue weighted by Gasteiger charge is 2.04. The number of nitrogens with two attached hydrogens (primary N) is 1. The van der Waals surface area contributed by atoms with Crippen molar-refractivity contribution in [2.45, 2.75) is 19.9 Å². The molecule has 0 aliphatic carbocycles. The van der Waals surface area contributed by atoms with Gasteiger partial charge >= 0.3 is 0 Å². The normalized spacial score (nSPS) is 12.0. The van der Waals surface area contributed by atoms with E-state index in [-0.39, 0.29) is 5.84 Å². The van der Waals surface area contributed by atoms with Gasteiger partial charge in [-0.1, -0.05) is 12.1 Å². The third-order valence-corrected chi connectivity index (χ3v) is 2.42. The molecule has 0 unspecified atom stereocenters. The van der Waals surface area contributed by atoms with E-state index >= 15 is 0 Å². The van der Waals surface area contributed by atoms with E-state index < -0.39 is 0 Å². The highest BCUT2D eigenvalue weighted by Crippen LogP contribution is 2.03. The molecular formula is C11H18N4O. The smallest absolute Gasteiger partial charge is 0.140 e. The maximum Gasteiger partial charge on any atom is 0.140 e. The van der Waals surface area contributed by atoms with Crippen molar-refractivity contribution in [2.75, 3.05) is 13.1 Å². The van der Waals surface area contributed by atoms with Crippen LogP contribution in [0.2, 0.25) is 0 Å². The summed E-state index contributed by atoms with van der Waals surface area (Å²) in [6.07, 6.45) is 4.15. The van der Waals surface area contributed by atoms with Crippen molar-refractivity contribution in [3.63, 3.8) is 0 Å². The molecule has 0 bridgehead atoms. The van der Waals surface area contributed by atoms with Crippen LogP contribution in [0.5, 0.6) is 0 Å². The minimum Gasteiger partial charge on any atom is -0.409 e. The monoisotopic (exact) mass is 222 g/mol. The van der Waals surface area contributed by atoms with Crippen LogP contribution in [0.15, 0.2) is 29.7 Å². The molecule has 5 heteroatoms. The summed E-state index contributed by atoms with van der Waals surface area (Å²) in [5.41, 5.74) is 6.65. The summed E-state index contributed by atoms with van der Waals surface area (Å²) in [6.45, 7) is 4.67. The van der Waals surface area contributed by atoms with Crippen molar-refractivity contribution in [1.82, 2.24) is 9.88 Å². The van der Waals surface area contributed by atoms with Crippen molar-refractivity contribution in [1.29, 1.82) is 0 Å². The zero-order valence-electron chi connectivity index (χ0n) is 9.50. The lowest BCUT2D eigenvalue weighted by Crippen LogP contribution is -2.27. The molecule has 0 saturated carbocycles.